The lowest BCUT2D eigenvalue weighted by molar-refractivity contribution is -0.143. The Labute approximate surface area is 219 Å². The molecule has 2 amide bonds. The molecule has 0 bridgehead atoms. The number of benzene rings is 3. The SMILES string of the molecule is CC[C@@H](C)NC(=O)[C@H](Cc1ccccc1)N(Cc1ccc(Cl)cc1)C(=O)COc1ccc(C)cc1C. The van der Waals surface area contributed by atoms with Crippen LogP contribution in [0, 0.1) is 13.8 Å². The van der Waals surface area contributed by atoms with Gasteiger partial charge in [-0.3, -0.25) is 9.59 Å². The summed E-state index contributed by atoms with van der Waals surface area (Å²) >= 11 is 6.08. The summed E-state index contributed by atoms with van der Waals surface area (Å²) in [5, 5.41) is 3.69. The third-order valence-corrected chi connectivity index (χ3v) is 6.47. The van der Waals surface area contributed by atoms with Gasteiger partial charge in [0.1, 0.15) is 11.8 Å². The van der Waals surface area contributed by atoms with E-state index in [4.69, 9.17) is 16.3 Å². The van der Waals surface area contributed by atoms with Crippen LogP contribution >= 0.6 is 11.6 Å². The monoisotopic (exact) mass is 506 g/mol. The van der Waals surface area contributed by atoms with E-state index >= 15 is 0 Å². The number of halogens is 1. The Kier molecular flexibility index (Phi) is 9.95. The van der Waals surface area contributed by atoms with Crippen LogP contribution in [0.4, 0.5) is 0 Å². The van der Waals surface area contributed by atoms with Crippen LogP contribution in [0.1, 0.15) is 42.5 Å². The highest BCUT2D eigenvalue weighted by molar-refractivity contribution is 6.30. The smallest absolute Gasteiger partial charge is 0.261 e. The minimum Gasteiger partial charge on any atom is -0.483 e. The fourth-order valence-electron chi connectivity index (χ4n) is 3.97. The van der Waals surface area contributed by atoms with Gasteiger partial charge in [-0.25, -0.2) is 0 Å². The van der Waals surface area contributed by atoms with Gasteiger partial charge < -0.3 is 15.0 Å². The summed E-state index contributed by atoms with van der Waals surface area (Å²) in [4.78, 5) is 28.8. The van der Waals surface area contributed by atoms with E-state index in [-0.39, 0.29) is 31.0 Å². The van der Waals surface area contributed by atoms with Crippen LogP contribution in [0.3, 0.4) is 0 Å². The molecule has 0 radical (unpaired) electrons. The Balaban J connectivity index is 1.91. The first-order valence-electron chi connectivity index (χ1n) is 12.3. The molecule has 5 nitrogen and oxygen atoms in total. The number of nitrogens with one attached hydrogen (secondary N) is 1. The summed E-state index contributed by atoms with van der Waals surface area (Å²) < 4.78 is 5.93. The Bertz CT molecular complexity index is 1150. The highest BCUT2D eigenvalue weighted by atomic mass is 35.5. The lowest BCUT2D eigenvalue weighted by Gasteiger charge is -2.32. The molecule has 190 valence electrons. The van der Waals surface area contributed by atoms with Crippen molar-refractivity contribution in [3.63, 3.8) is 0 Å². The van der Waals surface area contributed by atoms with Gasteiger partial charge in [0, 0.05) is 24.0 Å². The molecule has 0 aliphatic heterocycles. The Morgan fingerprint density at radius 2 is 1.67 bits per heavy atom. The van der Waals surface area contributed by atoms with Gasteiger partial charge in [0.15, 0.2) is 6.61 Å². The van der Waals surface area contributed by atoms with Crippen molar-refractivity contribution in [1.29, 1.82) is 0 Å². The van der Waals surface area contributed by atoms with Gasteiger partial charge in [0.2, 0.25) is 5.91 Å². The van der Waals surface area contributed by atoms with Crippen LogP contribution in [0.25, 0.3) is 0 Å². The normalized spacial score (nSPS) is 12.5. The van der Waals surface area contributed by atoms with Gasteiger partial charge >= 0.3 is 0 Å². The van der Waals surface area contributed by atoms with E-state index in [0.717, 1.165) is 28.7 Å². The van der Waals surface area contributed by atoms with Crippen molar-refractivity contribution in [3.05, 3.63) is 100 Å². The van der Waals surface area contributed by atoms with E-state index in [1.165, 1.54) is 0 Å². The molecule has 0 unspecified atom stereocenters. The van der Waals surface area contributed by atoms with E-state index in [1.54, 1.807) is 17.0 Å². The van der Waals surface area contributed by atoms with Gasteiger partial charge in [-0.15, -0.1) is 0 Å². The quantitative estimate of drug-likeness (QED) is 0.352. The Morgan fingerprint density at radius 1 is 0.972 bits per heavy atom. The van der Waals surface area contributed by atoms with Gasteiger partial charge in [-0.05, 0) is 62.1 Å². The van der Waals surface area contributed by atoms with Gasteiger partial charge in [0.05, 0.1) is 0 Å². The van der Waals surface area contributed by atoms with E-state index in [1.807, 2.05) is 88.4 Å². The molecular formula is C30H35ClN2O3. The van der Waals surface area contributed by atoms with E-state index in [9.17, 15) is 9.59 Å². The lowest BCUT2D eigenvalue weighted by Crippen LogP contribution is -2.53. The number of aryl methyl sites for hydroxylation is 2. The standard InChI is InChI=1S/C30H35ClN2O3/c1-5-23(4)32-30(35)27(18-24-9-7-6-8-10-24)33(19-25-12-14-26(31)15-13-25)29(34)20-36-28-16-11-21(2)17-22(28)3/h6-17,23,27H,5,18-20H2,1-4H3,(H,32,35)/t23-,27+/m1/s1. The van der Waals surface area contributed by atoms with Crippen LogP contribution in [-0.2, 0) is 22.6 Å². The number of amides is 2. The molecule has 2 atom stereocenters. The molecule has 0 aromatic heterocycles. The highest BCUT2D eigenvalue weighted by Crippen LogP contribution is 2.21. The van der Waals surface area contributed by atoms with Crippen molar-refractivity contribution in [2.45, 2.75) is 59.2 Å². The zero-order chi connectivity index (χ0) is 26.1. The minimum absolute atomic E-state index is 0.00489. The molecule has 3 aromatic rings. The Hall–Kier alpha value is -3.31. The summed E-state index contributed by atoms with van der Waals surface area (Å²) in [6.07, 6.45) is 1.19. The van der Waals surface area contributed by atoms with E-state index in [0.29, 0.717) is 17.2 Å². The highest BCUT2D eigenvalue weighted by Gasteiger charge is 2.31. The van der Waals surface area contributed by atoms with Crippen LogP contribution in [0.15, 0.2) is 72.8 Å². The largest absolute Gasteiger partial charge is 0.483 e. The van der Waals surface area contributed by atoms with Crippen molar-refractivity contribution < 1.29 is 14.3 Å². The fourth-order valence-corrected chi connectivity index (χ4v) is 4.09. The van der Waals surface area contributed by atoms with Crippen molar-refractivity contribution >= 4 is 23.4 Å². The first-order chi connectivity index (χ1) is 17.3. The second-order valence-electron chi connectivity index (χ2n) is 9.23. The molecule has 0 heterocycles. The first kappa shape index (κ1) is 27.3. The topological polar surface area (TPSA) is 58.6 Å². The van der Waals surface area contributed by atoms with Crippen LogP contribution < -0.4 is 10.1 Å². The van der Waals surface area contributed by atoms with Crippen molar-refractivity contribution in [2.75, 3.05) is 6.61 Å². The molecule has 36 heavy (non-hydrogen) atoms. The predicted octanol–water partition coefficient (Wildman–Crippen LogP) is 5.89. The molecule has 0 spiro atoms. The molecule has 0 aliphatic rings. The lowest BCUT2D eigenvalue weighted by atomic mass is 10.0. The second-order valence-corrected chi connectivity index (χ2v) is 9.67. The minimum atomic E-state index is -0.702. The maximum atomic E-state index is 13.7. The number of nitrogens with zero attached hydrogens (tertiary/aromatic N) is 1. The zero-order valence-corrected chi connectivity index (χ0v) is 22.2. The summed E-state index contributed by atoms with van der Waals surface area (Å²) in [5.41, 5.74) is 3.95. The molecule has 0 fully saturated rings. The van der Waals surface area contributed by atoms with Crippen molar-refractivity contribution in [2.24, 2.45) is 0 Å². The Morgan fingerprint density at radius 3 is 2.31 bits per heavy atom. The molecule has 0 saturated carbocycles. The number of carbonyl (C=O) groups is 2. The molecule has 0 aliphatic carbocycles. The van der Waals surface area contributed by atoms with Gasteiger partial charge in [0.25, 0.3) is 5.91 Å². The molecule has 1 N–H and O–H groups in total. The summed E-state index contributed by atoms with van der Waals surface area (Å²) in [7, 11) is 0. The molecule has 0 saturated heterocycles. The average Bonchev–Trinajstić information content (AvgIpc) is 2.87. The van der Waals surface area contributed by atoms with Crippen LogP contribution in [-0.4, -0.2) is 35.4 Å². The molecule has 3 rings (SSSR count). The number of ether oxygens (including phenoxy) is 1. The summed E-state index contributed by atoms with van der Waals surface area (Å²) in [6, 6.07) is 22.2. The van der Waals surface area contributed by atoms with Crippen LogP contribution in [0.5, 0.6) is 5.75 Å². The van der Waals surface area contributed by atoms with Gasteiger partial charge in [-0.2, -0.15) is 0 Å². The first-order valence-corrected chi connectivity index (χ1v) is 12.7. The van der Waals surface area contributed by atoms with Crippen molar-refractivity contribution in [3.8, 4) is 5.75 Å². The van der Waals surface area contributed by atoms with Gasteiger partial charge in [-0.1, -0.05) is 78.7 Å². The van der Waals surface area contributed by atoms with E-state index < -0.39 is 6.04 Å². The molecule has 3 aromatic carbocycles. The number of hydrogen-bond donors (Lipinski definition) is 1. The fraction of sp³-hybridized carbons (Fsp3) is 0.333. The summed E-state index contributed by atoms with van der Waals surface area (Å²) in [5.74, 6) is 0.219. The maximum absolute atomic E-state index is 13.7. The average molecular weight is 507 g/mol. The van der Waals surface area contributed by atoms with Crippen molar-refractivity contribution in [1.82, 2.24) is 10.2 Å². The third kappa shape index (κ3) is 7.85. The molecular weight excluding hydrogens is 472 g/mol. The number of rotatable bonds is 11. The second kappa shape index (κ2) is 13.1. The molecule has 6 heteroatoms. The predicted molar refractivity (Wildman–Crippen MR) is 145 cm³/mol. The zero-order valence-electron chi connectivity index (χ0n) is 21.5. The summed E-state index contributed by atoms with van der Waals surface area (Å²) in [6.45, 7) is 8.05. The van der Waals surface area contributed by atoms with E-state index in [2.05, 4.69) is 5.32 Å². The number of hydrogen-bond acceptors (Lipinski definition) is 3. The number of carbonyl (C=O) groups excluding carboxylic acids is 2. The maximum Gasteiger partial charge on any atom is 0.261 e. The van der Waals surface area contributed by atoms with Crippen LogP contribution in [0.2, 0.25) is 5.02 Å². The third-order valence-electron chi connectivity index (χ3n) is 6.22.